The van der Waals surface area contributed by atoms with Gasteiger partial charge in [0.1, 0.15) is 11.9 Å². The number of amides is 1. The molecule has 0 radical (unpaired) electrons. The van der Waals surface area contributed by atoms with Crippen LogP contribution in [0, 0.1) is 0 Å². The van der Waals surface area contributed by atoms with E-state index in [1.54, 1.807) is 50.8 Å². The Morgan fingerprint density at radius 3 is 2.64 bits per heavy atom. The van der Waals surface area contributed by atoms with Gasteiger partial charge in [-0.05, 0) is 43.0 Å². The van der Waals surface area contributed by atoms with E-state index in [0.717, 1.165) is 24.1 Å². The minimum Gasteiger partial charge on any atom is -0.493 e. The molecule has 4 atom stereocenters. The number of thiazole rings is 1. The SMILES string of the molecule is COCc1cnc(NC(=O)C2(c3ccc(S(=O)(=O)[C@H]4CCOC4)cc3)C=C2O[C@@H]2CC[C@@H](OC)C2)s1. The zero-order valence-electron chi connectivity index (χ0n) is 20.3. The van der Waals surface area contributed by atoms with Gasteiger partial charge in [-0.2, -0.15) is 0 Å². The predicted molar refractivity (Wildman–Crippen MR) is 134 cm³/mol. The number of rotatable bonds is 10. The van der Waals surface area contributed by atoms with E-state index >= 15 is 0 Å². The first-order valence-corrected chi connectivity index (χ1v) is 14.3. The Labute approximate surface area is 214 Å². The molecule has 1 aliphatic heterocycles. The number of hydrogen-bond donors (Lipinski definition) is 1. The zero-order valence-corrected chi connectivity index (χ0v) is 21.9. The molecule has 1 N–H and O–H groups in total. The molecule has 3 aliphatic rings. The molecule has 2 fully saturated rings. The van der Waals surface area contributed by atoms with Gasteiger partial charge in [-0.3, -0.25) is 4.79 Å². The Kier molecular flexibility index (Phi) is 7.19. The summed E-state index contributed by atoms with van der Waals surface area (Å²) in [5.74, 6) is 0.270. The summed E-state index contributed by atoms with van der Waals surface area (Å²) in [6, 6.07) is 6.52. The van der Waals surface area contributed by atoms with Gasteiger partial charge in [0.25, 0.3) is 0 Å². The Morgan fingerprint density at radius 1 is 1.19 bits per heavy atom. The van der Waals surface area contributed by atoms with Gasteiger partial charge in [-0.15, -0.1) is 0 Å². The van der Waals surface area contributed by atoms with Crippen molar-refractivity contribution in [3.8, 4) is 0 Å². The molecule has 1 saturated carbocycles. The number of nitrogens with one attached hydrogen (secondary N) is 1. The minimum atomic E-state index is -3.50. The lowest BCUT2D eigenvalue weighted by Crippen LogP contribution is -2.32. The van der Waals surface area contributed by atoms with Gasteiger partial charge in [0.05, 0.1) is 34.3 Å². The zero-order chi connectivity index (χ0) is 25.3. The van der Waals surface area contributed by atoms with Gasteiger partial charge < -0.3 is 24.3 Å². The summed E-state index contributed by atoms with van der Waals surface area (Å²) >= 11 is 1.34. The number of methoxy groups -OCH3 is 2. The van der Waals surface area contributed by atoms with Crippen molar-refractivity contribution in [1.82, 2.24) is 4.98 Å². The molecular formula is C25H30N2O7S2. The Morgan fingerprint density at radius 2 is 1.97 bits per heavy atom. The number of aromatic nitrogens is 1. The number of benzene rings is 1. The highest BCUT2D eigenvalue weighted by Gasteiger charge is 2.56. The van der Waals surface area contributed by atoms with Gasteiger partial charge in [0.15, 0.2) is 20.4 Å². The number of carbonyl (C=O) groups is 1. The van der Waals surface area contributed by atoms with Crippen LogP contribution in [0.15, 0.2) is 47.2 Å². The lowest BCUT2D eigenvalue weighted by Gasteiger charge is -2.21. The smallest absolute Gasteiger partial charge is 0.248 e. The fourth-order valence-corrected chi connectivity index (χ4v) is 7.21. The first kappa shape index (κ1) is 25.3. The summed E-state index contributed by atoms with van der Waals surface area (Å²) in [6.45, 7) is 1.07. The second kappa shape index (κ2) is 10.2. The molecule has 1 aromatic heterocycles. The summed E-state index contributed by atoms with van der Waals surface area (Å²) < 4.78 is 48.1. The van der Waals surface area contributed by atoms with Crippen molar-refractivity contribution >= 4 is 32.2 Å². The van der Waals surface area contributed by atoms with Crippen molar-refractivity contribution in [2.45, 2.75) is 60.1 Å². The molecule has 36 heavy (non-hydrogen) atoms. The fraction of sp³-hybridized carbons (Fsp3) is 0.520. The van der Waals surface area contributed by atoms with E-state index in [-0.39, 0.29) is 29.6 Å². The highest BCUT2D eigenvalue weighted by Crippen LogP contribution is 2.50. The maximum Gasteiger partial charge on any atom is 0.248 e. The maximum absolute atomic E-state index is 13.6. The highest BCUT2D eigenvalue weighted by atomic mass is 32.2. The molecule has 1 unspecified atom stereocenters. The van der Waals surface area contributed by atoms with Crippen LogP contribution in [0.4, 0.5) is 5.13 Å². The molecule has 5 rings (SSSR count). The van der Waals surface area contributed by atoms with E-state index in [9.17, 15) is 13.2 Å². The molecule has 2 aromatic rings. The largest absolute Gasteiger partial charge is 0.493 e. The number of nitrogens with zero attached hydrogens (tertiary/aromatic N) is 1. The topological polar surface area (TPSA) is 113 Å². The van der Waals surface area contributed by atoms with Gasteiger partial charge in [-0.1, -0.05) is 23.5 Å². The van der Waals surface area contributed by atoms with Crippen LogP contribution in [0.1, 0.15) is 36.1 Å². The molecule has 9 nitrogen and oxygen atoms in total. The second-order valence-corrected chi connectivity index (χ2v) is 12.6. The summed E-state index contributed by atoms with van der Waals surface area (Å²) in [6.07, 6.45) is 6.58. The van der Waals surface area contributed by atoms with Crippen LogP contribution in [0.25, 0.3) is 0 Å². The van der Waals surface area contributed by atoms with Crippen LogP contribution in [0.2, 0.25) is 0 Å². The van der Waals surface area contributed by atoms with Crippen molar-refractivity contribution in [2.24, 2.45) is 0 Å². The molecule has 0 bridgehead atoms. The van der Waals surface area contributed by atoms with Gasteiger partial charge in [0.2, 0.25) is 5.91 Å². The second-order valence-electron chi connectivity index (χ2n) is 9.30. The van der Waals surface area contributed by atoms with Crippen LogP contribution >= 0.6 is 11.3 Å². The average molecular weight is 535 g/mol. The molecule has 0 spiro atoms. The van der Waals surface area contributed by atoms with Crippen molar-refractivity contribution in [3.05, 3.63) is 52.7 Å². The molecule has 1 aromatic carbocycles. The van der Waals surface area contributed by atoms with Crippen LogP contribution < -0.4 is 5.32 Å². The number of carbonyl (C=O) groups excluding carboxylic acids is 1. The van der Waals surface area contributed by atoms with Crippen molar-refractivity contribution in [2.75, 3.05) is 32.8 Å². The quantitative estimate of drug-likeness (QED) is 0.495. The maximum atomic E-state index is 13.6. The molecule has 2 aliphatic carbocycles. The normalized spacial score (nSPS) is 27.6. The predicted octanol–water partition coefficient (Wildman–Crippen LogP) is 3.21. The lowest BCUT2D eigenvalue weighted by atomic mass is 9.91. The third-order valence-corrected chi connectivity index (χ3v) is 10.1. The lowest BCUT2D eigenvalue weighted by molar-refractivity contribution is -0.118. The first-order valence-electron chi connectivity index (χ1n) is 12.0. The van der Waals surface area contributed by atoms with Crippen LogP contribution in [0.3, 0.4) is 0 Å². The van der Waals surface area contributed by atoms with Gasteiger partial charge in [-0.25, -0.2) is 13.4 Å². The van der Waals surface area contributed by atoms with E-state index in [4.69, 9.17) is 18.9 Å². The van der Waals surface area contributed by atoms with Gasteiger partial charge in [0, 0.05) is 33.4 Å². The van der Waals surface area contributed by atoms with Crippen molar-refractivity contribution < 1.29 is 32.2 Å². The number of anilines is 1. The van der Waals surface area contributed by atoms with E-state index < -0.39 is 20.5 Å². The summed E-state index contributed by atoms with van der Waals surface area (Å²) in [4.78, 5) is 19.0. The van der Waals surface area contributed by atoms with Crippen molar-refractivity contribution in [1.29, 1.82) is 0 Å². The summed E-state index contributed by atoms with van der Waals surface area (Å²) in [7, 11) is -0.204. The Bertz CT molecular complexity index is 1240. The number of ether oxygens (including phenoxy) is 4. The first-order chi connectivity index (χ1) is 17.4. The highest BCUT2D eigenvalue weighted by molar-refractivity contribution is 7.92. The fourth-order valence-electron chi connectivity index (χ4n) is 4.85. The van der Waals surface area contributed by atoms with Gasteiger partial charge >= 0.3 is 0 Å². The van der Waals surface area contributed by atoms with Crippen LogP contribution in [-0.2, 0) is 45.6 Å². The molecule has 11 heteroatoms. The Hall–Kier alpha value is -2.31. The molecular weight excluding hydrogens is 504 g/mol. The third-order valence-electron chi connectivity index (χ3n) is 7.00. The average Bonchev–Trinajstić information content (AvgIpc) is 3.33. The number of sulfone groups is 1. The standard InChI is InChI=1S/C25H30N2O7S2/c1-31-14-19-13-26-24(35-19)27-23(28)25(12-22(25)34-18-6-5-17(11-18)32-2)16-3-7-20(8-4-16)36(29,30)21-9-10-33-15-21/h3-4,7-8,12-13,17-18,21H,5-6,9-11,14-15H2,1-2H3,(H,26,27,28)/t17-,18-,21+,25?/m1/s1. The Balaban J connectivity index is 1.38. The monoisotopic (exact) mass is 534 g/mol. The summed E-state index contributed by atoms with van der Waals surface area (Å²) in [5, 5.41) is 2.83. The van der Waals surface area contributed by atoms with E-state index in [1.807, 2.05) is 0 Å². The molecule has 2 heterocycles. The van der Waals surface area contributed by atoms with E-state index in [0.29, 0.717) is 36.1 Å². The van der Waals surface area contributed by atoms with E-state index in [1.165, 1.54) is 11.3 Å². The van der Waals surface area contributed by atoms with Crippen molar-refractivity contribution in [3.63, 3.8) is 0 Å². The third kappa shape index (κ3) is 4.82. The summed E-state index contributed by atoms with van der Waals surface area (Å²) in [5.41, 5.74) is -0.469. The van der Waals surface area contributed by atoms with Crippen LogP contribution in [0.5, 0.6) is 0 Å². The molecule has 194 valence electrons. The van der Waals surface area contributed by atoms with E-state index in [2.05, 4.69) is 10.3 Å². The molecule has 1 amide bonds. The molecule has 1 saturated heterocycles. The van der Waals surface area contributed by atoms with Crippen LogP contribution in [-0.4, -0.2) is 64.2 Å². The minimum absolute atomic E-state index is 0.0361. The number of hydrogen-bond acceptors (Lipinski definition) is 9.